The Bertz CT molecular complexity index is 1070. The van der Waals surface area contributed by atoms with E-state index in [1.54, 1.807) is 38.0 Å². The van der Waals surface area contributed by atoms with Crippen LogP contribution in [0.5, 0.6) is 11.5 Å². The Morgan fingerprint density at radius 2 is 1.71 bits per heavy atom. The van der Waals surface area contributed by atoms with Crippen LogP contribution in [0.4, 0.5) is 4.39 Å². The van der Waals surface area contributed by atoms with Crippen LogP contribution in [0.25, 0.3) is 16.9 Å². The minimum atomic E-state index is -0.464. The predicted molar refractivity (Wildman–Crippen MR) is 117 cm³/mol. The number of halogens is 1. The summed E-state index contributed by atoms with van der Waals surface area (Å²) in [6.07, 6.45) is 1.36. The van der Waals surface area contributed by atoms with Crippen LogP contribution in [-0.4, -0.2) is 36.6 Å². The number of carbonyl (C=O) groups excluding carboxylic acids is 1. The van der Waals surface area contributed by atoms with Gasteiger partial charge in [0.05, 0.1) is 32.2 Å². The normalized spacial score (nSPS) is 11.5. The smallest absolute Gasteiger partial charge is 0.359 e. The van der Waals surface area contributed by atoms with Crippen molar-refractivity contribution in [2.75, 3.05) is 20.8 Å². The second-order valence-corrected chi connectivity index (χ2v) is 6.65. The molecule has 1 aliphatic carbocycles. The van der Waals surface area contributed by atoms with Crippen molar-refractivity contribution in [2.45, 2.75) is 33.6 Å². The van der Waals surface area contributed by atoms with Crippen LogP contribution < -0.4 is 9.47 Å². The fourth-order valence-corrected chi connectivity index (χ4v) is 3.70. The first-order chi connectivity index (χ1) is 15.1. The summed E-state index contributed by atoms with van der Waals surface area (Å²) in [5, 5.41) is 4.55. The summed E-state index contributed by atoms with van der Waals surface area (Å²) in [6, 6.07) is 9.84. The fourth-order valence-electron chi connectivity index (χ4n) is 3.70. The summed E-state index contributed by atoms with van der Waals surface area (Å²) in [6.45, 7) is 6.02. The highest BCUT2D eigenvalue weighted by atomic mass is 19.1. The van der Waals surface area contributed by atoms with E-state index in [4.69, 9.17) is 14.2 Å². The van der Waals surface area contributed by atoms with Crippen LogP contribution in [0.15, 0.2) is 36.4 Å². The van der Waals surface area contributed by atoms with Crippen LogP contribution in [0.2, 0.25) is 0 Å². The van der Waals surface area contributed by atoms with Gasteiger partial charge in [0.25, 0.3) is 0 Å². The molecular weight excluding hydrogens is 399 g/mol. The lowest BCUT2D eigenvalue weighted by Gasteiger charge is -2.21. The minimum absolute atomic E-state index is 0.263. The van der Waals surface area contributed by atoms with E-state index in [0.29, 0.717) is 23.6 Å². The van der Waals surface area contributed by atoms with Gasteiger partial charge in [-0.15, -0.1) is 0 Å². The van der Waals surface area contributed by atoms with E-state index in [0.717, 1.165) is 28.8 Å². The molecule has 0 saturated carbocycles. The molecule has 0 fully saturated rings. The number of methoxy groups -OCH3 is 2. The van der Waals surface area contributed by atoms with Crippen molar-refractivity contribution in [2.24, 2.45) is 0 Å². The zero-order chi connectivity index (χ0) is 22.5. The zero-order valence-electron chi connectivity index (χ0n) is 18.5. The van der Waals surface area contributed by atoms with Gasteiger partial charge in [-0.05, 0) is 61.7 Å². The molecule has 0 N–H and O–H groups in total. The maximum atomic E-state index is 13.5. The van der Waals surface area contributed by atoms with E-state index < -0.39 is 5.97 Å². The third-order valence-electron chi connectivity index (χ3n) is 5.03. The highest BCUT2D eigenvalue weighted by molar-refractivity contribution is 5.92. The van der Waals surface area contributed by atoms with Gasteiger partial charge in [-0.2, -0.15) is 5.10 Å². The first kappa shape index (κ1) is 22.3. The monoisotopic (exact) mass is 426 g/mol. The summed E-state index contributed by atoms with van der Waals surface area (Å²) in [4.78, 5) is 12.5. The molecule has 1 heterocycles. The molecule has 0 amide bonds. The highest BCUT2D eigenvalue weighted by Crippen LogP contribution is 2.42. The van der Waals surface area contributed by atoms with Crippen LogP contribution in [0.1, 0.15) is 42.4 Å². The maximum absolute atomic E-state index is 13.5. The molecule has 7 heteroatoms. The van der Waals surface area contributed by atoms with E-state index in [9.17, 15) is 9.18 Å². The highest BCUT2D eigenvalue weighted by Gasteiger charge is 2.30. The average molecular weight is 426 g/mol. The maximum Gasteiger partial charge on any atom is 0.359 e. The van der Waals surface area contributed by atoms with Crippen molar-refractivity contribution in [1.82, 2.24) is 9.78 Å². The van der Waals surface area contributed by atoms with Gasteiger partial charge in [-0.25, -0.2) is 13.9 Å². The Kier molecular flexibility index (Phi) is 6.95. The third-order valence-corrected chi connectivity index (χ3v) is 5.03. The largest absolute Gasteiger partial charge is 0.493 e. The Labute approximate surface area is 181 Å². The number of ether oxygens (including phenoxy) is 3. The van der Waals surface area contributed by atoms with Crippen molar-refractivity contribution < 1.29 is 23.4 Å². The van der Waals surface area contributed by atoms with Gasteiger partial charge in [-0.1, -0.05) is 13.8 Å². The van der Waals surface area contributed by atoms with Gasteiger partial charge in [0.1, 0.15) is 5.82 Å². The van der Waals surface area contributed by atoms with Gasteiger partial charge in [-0.3, -0.25) is 0 Å². The number of hydrogen-bond acceptors (Lipinski definition) is 5. The summed E-state index contributed by atoms with van der Waals surface area (Å²) < 4.78 is 31.3. The van der Waals surface area contributed by atoms with E-state index in [1.165, 1.54) is 12.1 Å². The van der Waals surface area contributed by atoms with Crippen molar-refractivity contribution in [3.63, 3.8) is 0 Å². The number of benzene rings is 2. The molecular formula is C24H27FN2O4. The molecule has 2 aromatic carbocycles. The van der Waals surface area contributed by atoms with Crippen molar-refractivity contribution in [1.29, 1.82) is 0 Å². The van der Waals surface area contributed by atoms with Gasteiger partial charge >= 0.3 is 5.97 Å². The number of nitrogens with zero attached hydrogens (tertiary/aromatic N) is 2. The molecule has 0 saturated heterocycles. The first-order valence-electron chi connectivity index (χ1n) is 10.4. The predicted octanol–water partition coefficient (Wildman–Crippen LogP) is 5.00. The molecule has 31 heavy (non-hydrogen) atoms. The number of fused-ring (bicyclic) bond motifs is 3. The van der Waals surface area contributed by atoms with Crippen molar-refractivity contribution in [3.05, 3.63) is 59.0 Å². The Morgan fingerprint density at radius 3 is 2.32 bits per heavy atom. The molecule has 1 aromatic heterocycles. The van der Waals surface area contributed by atoms with Gasteiger partial charge in [0, 0.05) is 11.1 Å². The molecule has 3 aromatic rings. The summed E-state index contributed by atoms with van der Waals surface area (Å²) in [5.41, 5.74) is 4.49. The Balaban J connectivity index is 0.00000132. The summed E-state index contributed by atoms with van der Waals surface area (Å²) in [7, 11) is 3.18. The molecule has 0 atom stereocenters. The number of carbonyl (C=O) groups is 1. The Morgan fingerprint density at radius 1 is 1.06 bits per heavy atom. The number of hydrogen-bond donors (Lipinski definition) is 0. The fraction of sp³-hybridized carbons (Fsp3) is 0.333. The van der Waals surface area contributed by atoms with E-state index in [2.05, 4.69) is 5.10 Å². The first-order valence-corrected chi connectivity index (χ1v) is 10.4. The number of aromatic nitrogens is 2. The SMILES string of the molecule is CC.CCOC(=O)c1nn(-c2ccc(F)cc2)c2c1CCc1cc(OC)c(OC)cc1-2. The van der Waals surface area contributed by atoms with E-state index >= 15 is 0 Å². The molecule has 1 aliphatic rings. The van der Waals surface area contributed by atoms with E-state index in [-0.39, 0.29) is 18.1 Å². The second-order valence-electron chi connectivity index (χ2n) is 6.65. The van der Waals surface area contributed by atoms with E-state index in [1.807, 2.05) is 26.0 Å². The number of esters is 1. The van der Waals surface area contributed by atoms with Gasteiger partial charge in [0.2, 0.25) is 0 Å². The van der Waals surface area contributed by atoms with Crippen molar-refractivity contribution in [3.8, 4) is 28.4 Å². The standard InChI is InChI=1S/C22H21FN2O4.C2H6/c1-4-29-22(26)20-16-10-5-13-11-18(27-2)19(28-3)12-17(13)21(16)25(24-20)15-8-6-14(23)7-9-15;1-2/h6-9,11-12H,4-5,10H2,1-3H3;1-2H3. The molecule has 0 aliphatic heterocycles. The molecule has 0 bridgehead atoms. The number of aryl methyl sites for hydroxylation is 1. The molecule has 4 rings (SSSR count). The second kappa shape index (κ2) is 9.64. The molecule has 164 valence electrons. The topological polar surface area (TPSA) is 62.6 Å². The van der Waals surface area contributed by atoms with Crippen LogP contribution in [0, 0.1) is 5.82 Å². The van der Waals surface area contributed by atoms with Gasteiger partial charge in [0.15, 0.2) is 17.2 Å². The lowest BCUT2D eigenvalue weighted by molar-refractivity contribution is 0.0517. The summed E-state index contributed by atoms with van der Waals surface area (Å²) >= 11 is 0. The quantitative estimate of drug-likeness (QED) is 0.538. The van der Waals surface area contributed by atoms with Crippen LogP contribution in [0.3, 0.4) is 0 Å². The average Bonchev–Trinajstić information content (AvgIpc) is 3.20. The summed E-state index contributed by atoms with van der Waals surface area (Å²) in [5.74, 6) is 0.428. The molecule has 0 unspecified atom stereocenters. The Hall–Kier alpha value is -3.35. The van der Waals surface area contributed by atoms with Crippen LogP contribution >= 0.6 is 0 Å². The third kappa shape index (κ3) is 4.13. The van der Waals surface area contributed by atoms with Crippen LogP contribution in [-0.2, 0) is 17.6 Å². The van der Waals surface area contributed by atoms with Crippen molar-refractivity contribution >= 4 is 5.97 Å². The zero-order valence-corrected chi connectivity index (χ0v) is 18.5. The molecule has 0 spiro atoms. The molecule has 6 nitrogen and oxygen atoms in total. The lowest BCUT2D eigenvalue weighted by Crippen LogP contribution is -2.11. The molecule has 0 radical (unpaired) electrons. The number of rotatable bonds is 5. The van der Waals surface area contributed by atoms with Gasteiger partial charge < -0.3 is 14.2 Å². The minimum Gasteiger partial charge on any atom is -0.493 e. The lowest BCUT2D eigenvalue weighted by atomic mass is 9.88.